The summed E-state index contributed by atoms with van der Waals surface area (Å²) in [6.45, 7) is 2.27. The smallest absolute Gasteiger partial charge is 0.315 e. The van der Waals surface area contributed by atoms with E-state index < -0.39 is 0 Å². The molecule has 2 amide bonds. The van der Waals surface area contributed by atoms with Crippen molar-refractivity contribution >= 4 is 6.03 Å². The van der Waals surface area contributed by atoms with E-state index in [4.69, 9.17) is 5.26 Å². The molecule has 2 heterocycles. The lowest BCUT2D eigenvalue weighted by Crippen LogP contribution is -2.36. The van der Waals surface area contributed by atoms with E-state index in [-0.39, 0.29) is 12.1 Å². The molecule has 0 bridgehead atoms. The summed E-state index contributed by atoms with van der Waals surface area (Å²) in [7, 11) is 0. The number of benzene rings is 1. The number of urea groups is 1. The highest BCUT2D eigenvalue weighted by Gasteiger charge is 2.09. The lowest BCUT2D eigenvalue weighted by atomic mass is 10.1. The van der Waals surface area contributed by atoms with Crippen molar-refractivity contribution in [3.63, 3.8) is 0 Å². The van der Waals surface area contributed by atoms with E-state index in [9.17, 15) is 4.79 Å². The summed E-state index contributed by atoms with van der Waals surface area (Å²) in [4.78, 5) is 16.4. The highest BCUT2D eigenvalue weighted by atomic mass is 16.2. The van der Waals surface area contributed by atoms with Gasteiger partial charge in [0.05, 0.1) is 17.7 Å². The van der Waals surface area contributed by atoms with E-state index in [1.807, 2.05) is 43.5 Å². The first kappa shape index (κ1) is 17.2. The second-order valence-corrected chi connectivity index (χ2v) is 5.76. The standard InChI is InChI=1S/C19H18N6O/c1-14(17-5-3-15(12-20)4-6-17)24-19(26)22-13-16-7-9-21-18(11-16)25-10-2-8-23-25/h2-11,14H,13H2,1H3,(H2,22,24,26). The minimum Gasteiger partial charge on any atom is -0.334 e. The summed E-state index contributed by atoms with van der Waals surface area (Å²) in [5.41, 5.74) is 2.45. The van der Waals surface area contributed by atoms with Crippen molar-refractivity contribution in [1.29, 1.82) is 5.26 Å². The topological polar surface area (TPSA) is 95.6 Å². The average Bonchev–Trinajstić information content (AvgIpc) is 3.21. The van der Waals surface area contributed by atoms with Gasteiger partial charge in [0, 0.05) is 25.1 Å². The van der Waals surface area contributed by atoms with Crippen LogP contribution in [-0.4, -0.2) is 20.8 Å². The van der Waals surface area contributed by atoms with Gasteiger partial charge in [-0.15, -0.1) is 0 Å². The Labute approximate surface area is 151 Å². The Hall–Kier alpha value is -3.66. The van der Waals surface area contributed by atoms with E-state index in [0.717, 1.165) is 11.1 Å². The molecule has 0 saturated heterocycles. The molecule has 2 N–H and O–H groups in total. The molecular weight excluding hydrogens is 328 g/mol. The van der Waals surface area contributed by atoms with E-state index in [1.54, 1.807) is 29.2 Å². The molecule has 0 radical (unpaired) electrons. The molecule has 26 heavy (non-hydrogen) atoms. The lowest BCUT2D eigenvalue weighted by Gasteiger charge is -2.15. The van der Waals surface area contributed by atoms with Gasteiger partial charge in [0.25, 0.3) is 0 Å². The fourth-order valence-corrected chi connectivity index (χ4v) is 2.46. The number of carbonyl (C=O) groups is 1. The number of aromatic nitrogens is 3. The monoisotopic (exact) mass is 346 g/mol. The zero-order valence-corrected chi connectivity index (χ0v) is 14.3. The van der Waals surface area contributed by atoms with Crippen molar-refractivity contribution in [3.8, 4) is 11.9 Å². The Balaban J connectivity index is 1.55. The van der Waals surface area contributed by atoms with E-state index in [1.165, 1.54) is 0 Å². The molecule has 0 aliphatic heterocycles. The zero-order chi connectivity index (χ0) is 18.4. The maximum Gasteiger partial charge on any atom is 0.315 e. The third-order valence-electron chi connectivity index (χ3n) is 3.89. The van der Waals surface area contributed by atoms with Gasteiger partial charge in [-0.3, -0.25) is 0 Å². The predicted octanol–water partition coefficient (Wildman–Crippen LogP) is 2.70. The van der Waals surface area contributed by atoms with Crippen molar-refractivity contribution in [3.05, 3.63) is 77.7 Å². The van der Waals surface area contributed by atoms with Gasteiger partial charge in [0.2, 0.25) is 0 Å². The van der Waals surface area contributed by atoms with Gasteiger partial charge in [-0.05, 0) is 48.4 Å². The molecule has 130 valence electrons. The molecule has 1 aromatic carbocycles. The lowest BCUT2D eigenvalue weighted by molar-refractivity contribution is 0.237. The molecule has 0 aliphatic rings. The van der Waals surface area contributed by atoms with Crippen LogP contribution in [0.5, 0.6) is 0 Å². The molecule has 1 atom stereocenters. The van der Waals surface area contributed by atoms with Gasteiger partial charge >= 0.3 is 6.03 Å². The third-order valence-corrected chi connectivity index (χ3v) is 3.89. The van der Waals surface area contributed by atoms with Crippen LogP contribution in [0.3, 0.4) is 0 Å². The highest BCUT2D eigenvalue weighted by molar-refractivity contribution is 5.74. The van der Waals surface area contributed by atoms with Crippen LogP contribution in [-0.2, 0) is 6.54 Å². The van der Waals surface area contributed by atoms with Crippen molar-refractivity contribution in [2.24, 2.45) is 0 Å². The molecule has 0 saturated carbocycles. The molecule has 3 rings (SSSR count). The van der Waals surface area contributed by atoms with E-state index in [0.29, 0.717) is 17.9 Å². The molecule has 3 aromatic rings. The quantitative estimate of drug-likeness (QED) is 0.742. The number of nitrogens with one attached hydrogen (secondary N) is 2. The minimum absolute atomic E-state index is 0.167. The van der Waals surface area contributed by atoms with E-state index in [2.05, 4.69) is 26.8 Å². The van der Waals surface area contributed by atoms with Gasteiger partial charge in [-0.25, -0.2) is 14.5 Å². The van der Waals surface area contributed by atoms with Crippen LogP contribution < -0.4 is 10.6 Å². The number of carbonyl (C=O) groups excluding carboxylic acids is 1. The first-order chi connectivity index (χ1) is 12.7. The fourth-order valence-electron chi connectivity index (χ4n) is 2.46. The Morgan fingerprint density at radius 1 is 1.27 bits per heavy atom. The second-order valence-electron chi connectivity index (χ2n) is 5.76. The number of hydrogen-bond donors (Lipinski definition) is 2. The summed E-state index contributed by atoms with van der Waals surface area (Å²) in [6, 6.07) is 14.3. The van der Waals surface area contributed by atoms with Crippen LogP contribution in [0.2, 0.25) is 0 Å². The Morgan fingerprint density at radius 2 is 2.08 bits per heavy atom. The van der Waals surface area contributed by atoms with Gasteiger partial charge in [-0.2, -0.15) is 10.4 Å². The molecule has 0 spiro atoms. The largest absolute Gasteiger partial charge is 0.334 e. The highest BCUT2D eigenvalue weighted by Crippen LogP contribution is 2.13. The molecule has 0 aliphatic carbocycles. The van der Waals surface area contributed by atoms with Gasteiger partial charge in [0.15, 0.2) is 5.82 Å². The molecule has 0 fully saturated rings. The van der Waals surface area contributed by atoms with Crippen LogP contribution in [0.1, 0.15) is 29.7 Å². The van der Waals surface area contributed by atoms with Gasteiger partial charge in [0.1, 0.15) is 0 Å². The summed E-state index contributed by atoms with van der Waals surface area (Å²) in [5.74, 6) is 0.695. The Morgan fingerprint density at radius 3 is 2.77 bits per heavy atom. The van der Waals surface area contributed by atoms with Crippen molar-refractivity contribution < 1.29 is 4.79 Å². The van der Waals surface area contributed by atoms with Crippen LogP contribution in [0, 0.1) is 11.3 Å². The van der Waals surface area contributed by atoms with Crippen LogP contribution in [0.4, 0.5) is 4.79 Å². The van der Waals surface area contributed by atoms with Crippen LogP contribution in [0.25, 0.3) is 5.82 Å². The Bertz CT molecular complexity index is 912. The van der Waals surface area contributed by atoms with Crippen molar-refractivity contribution in [1.82, 2.24) is 25.4 Å². The SMILES string of the molecule is CC(NC(=O)NCc1ccnc(-n2cccn2)c1)c1ccc(C#N)cc1. The average molecular weight is 346 g/mol. The van der Waals surface area contributed by atoms with Crippen molar-refractivity contribution in [2.45, 2.75) is 19.5 Å². The third kappa shape index (κ3) is 4.24. The number of amides is 2. The Kier molecular flexibility index (Phi) is 5.25. The fraction of sp³-hybridized carbons (Fsp3) is 0.158. The minimum atomic E-state index is -0.265. The van der Waals surface area contributed by atoms with Gasteiger partial charge < -0.3 is 10.6 Å². The van der Waals surface area contributed by atoms with Crippen molar-refractivity contribution in [2.75, 3.05) is 0 Å². The summed E-state index contributed by atoms with van der Waals surface area (Å²) in [5, 5.41) is 18.7. The first-order valence-electron chi connectivity index (χ1n) is 8.15. The normalized spacial score (nSPS) is 11.4. The number of nitriles is 1. The summed E-state index contributed by atoms with van der Waals surface area (Å²) < 4.78 is 1.66. The number of hydrogen-bond acceptors (Lipinski definition) is 4. The number of pyridine rings is 1. The van der Waals surface area contributed by atoms with Crippen LogP contribution in [0.15, 0.2) is 61.1 Å². The van der Waals surface area contributed by atoms with Crippen LogP contribution >= 0.6 is 0 Å². The molecule has 7 heteroatoms. The first-order valence-corrected chi connectivity index (χ1v) is 8.15. The molecular formula is C19H18N6O. The maximum absolute atomic E-state index is 12.1. The predicted molar refractivity (Wildman–Crippen MR) is 96.3 cm³/mol. The maximum atomic E-state index is 12.1. The molecule has 1 unspecified atom stereocenters. The van der Waals surface area contributed by atoms with E-state index >= 15 is 0 Å². The second kappa shape index (κ2) is 7.94. The summed E-state index contributed by atoms with van der Waals surface area (Å²) >= 11 is 0. The zero-order valence-electron chi connectivity index (χ0n) is 14.3. The molecule has 2 aromatic heterocycles. The number of nitrogens with zero attached hydrogens (tertiary/aromatic N) is 4. The van der Waals surface area contributed by atoms with Gasteiger partial charge in [-0.1, -0.05) is 12.1 Å². The number of rotatable bonds is 5. The summed E-state index contributed by atoms with van der Waals surface area (Å²) in [6.07, 6.45) is 5.18. The molecule has 7 nitrogen and oxygen atoms in total.